The second-order valence-corrected chi connectivity index (χ2v) is 7.88. The number of unbranched alkanes of at least 4 members (excludes halogenated alkanes) is 1. The molecule has 0 unspecified atom stereocenters. The Kier molecular flexibility index (Phi) is 7.22. The van der Waals surface area contributed by atoms with Gasteiger partial charge in [-0.2, -0.15) is 0 Å². The van der Waals surface area contributed by atoms with Crippen molar-refractivity contribution in [3.63, 3.8) is 0 Å². The average molecular weight is 483 g/mol. The number of carbonyl (C=O) groups excluding carboxylic acids is 2. The number of aromatic nitrogens is 1. The summed E-state index contributed by atoms with van der Waals surface area (Å²) in [7, 11) is 0. The van der Waals surface area contributed by atoms with Crippen molar-refractivity contribution in [1.82, 2.24) is 9.88 Å². The Labute approximate surface area is 192 Å². The molecule has 0 radical (unpaired) electrons. The molecule has 3 rings (SSSR count). The first-order valence-corrected chi connectivity index (χ1v) is 10.6. The molecule has 1 heterocycles. The maximum absolute atomic E-state index is 13.3. The van der Waals surface area contributed by atoms with E-state index in [2.05, 4.69) is 10.1 Å². The van der Waals surface area contributed by atoms with Gasteiger partial charge in [0.1, 0.15) is 11.5 Å². The highest BCUT2D eigenvalue weighted by atomic mass is 35.5. The summed E-state index contributed by atoms with van der Waals surface area (Å²) in [5.41, 5.74) is 1.47. The van der Waals surface area contributed by atoms with E-state index >= 15 is 0 Å². The van der Waals surface area contributed by atoms with Gasteiger partial charge >= 0.3 is 6.36 Å². The van der Waals surface area contributed by atoms with Gasteiger partial charge in [0.25, 0.3) is 5.91 Å². The van der Waals surface area contributed by atoms with Gasteiger partial charge in [0, 0.05) is 23.2 Å². The number of benzene rings is 2. The van der Waals surface area contributed by atoms with E-state index < -0.39 is 18.0 Å². The van der Waals surface area contributed by atoms with Crippen LogP contribution in [-0.2, 0) is 11.2 Å². The van der Waals surface area contributed by atoms with Crippen LogP contribution in [0.2, 0.25) is 5.02 Å². The molecule has 33 heavy (non-hydrogen) atoms. The van der Waals surface area contributed by atoms with Crippen molar-refractivity contribution in [3.05, 3.63) is 58.2 Å². The van der Waals surface area contributed by atoms with Gasteiger partial charge in [0.05, 0.1) is 17.0 Å². The minimum Gasteiger partial charge on any atom is -0.506 e. The molecule has 0 saturated carbocycles. The minimum absolute atomic E-state index is 0.0157. The first-order valence-electron chi connectivity index (χ1n) is 10.2. The van der Waals surface area contributed by atoms with E-state index in [0.717, 1.165) is 25.0 Å². The van der Waals surface area contributed by atoms with Crippen LogP contribution in [0.5, 0.6) is 11.5 Å². The fraction of sp³-hybridized carbons (Fsp3) is 0.304. The summed E-state index contributed by atoms with van der Waals surface area (Å²) in [6, 6.07) is 7.33. The molecule has 0 spiro atoms. The molecule has 1 amide bonds. The Morgan fingerprint density at radius 2 is 1.85 bits per heavy atom. The van der Waals surface area contributed by atoms with E-state index in [1.807, 2.05) is 6.92 Å². The van der Waals surface area contributed by atoms with Gasteiger partial charge in [-0.05, 0) is 55.3 Å². The van der Waals surface area contributed by atoms with Crippen LogP contribution in [0.1, 0.15) is 41.4 Å². The van der Waals surface area contributed by atoms with Crippen LogP contribution >= 0.6 is 11.6 Å². The van der Waals surface area contributed by atoms with Gasteiger partial charge in [-0.3, -0.25) is 14.2 Å². The van der Waals surface area contributed by atoms with Gasteiger partial charge in [-0.1, -0.05) is 24.9 Å². The Morgan fingerprint density at radius 1 is 1.18 bits per heavy atom. The van der Waals surface area contributed by atoms with E-state index in [1.54, 1.807) is 6.92 Å². The number of rotatable bonds is 7. The number of halogens is 4. The molecule has 10 heteroatoms. The topological polar surface area (TPSA) is 80.6 Å². The molecular weight excluding hydrogens is 461 g/mol. The summed E-state index contributed by atoms with van der Waals surface area (Å²) in [4.78, 5) is 25.7. The van der Waals surface area contributed by atoms with Crippen molar-refractivity contribution in [2.45, 2.75) is 39.5 Å². The van der Waals surface area contributed by atoms with Gasteiger partial charge in [0.15, 0.2) is 0 Å². The quantitative estimate of drug-likeness (QED) is 0.445. The zero-order chi connectivity index (χ0) is 24.3. The lowest BCUT2D eigenvalue weighted by Gasteiger charge is -2.11. The van der Waals surface area contributed by atoms with Crippen LogP contribution in [0.15, 0.2) is 36.4 Å². The maximum Gasteiger partial charge on any atom is 0.573 e. The standard InChI is InChI=1S/C23H22ClF3N2O4/c1-3-4-9-28-21(31)11-16-13(2)29(19-12-18(24)20(30)10-17(16)19)22(32)14-5-7-15(8-6-14)33-23(25,26)27/h5-8,10,12,30H,3-4,9,11H2,1-2H3,(H,28,31). The Hall–Kier alpha value is -3.20. The number of fused-ring (bicyclic) bond motifs is 1. The third kappa shape index (κ3) is 5.60. The predicted molar refractivity (Wildman–Crippen MR) is 118 cm³/mol. The van der Waals surface area contributed by atoms with Gasteiger partial charge in [0.2, 0.25) is 5.91 Å². The van der Waals surface area contributed by atoms with Crippen LogP contribution < -0.4 is 10.1 Å². The lowest BCUT2D eigenvalue weighted by Crippen LogP contribution is -2.26. The lowest BCUT2D eigenvalue weighted by molar-refractivity contribution is -0.274. The lowest BCUT2D eigenvalue weighted by atomic mass is 10.1. The first-order chi connectivity index (χ1) is 15.5. The molecule has 1 aromatic heterocycles. The summed E-state index contributed by atoms with van der Waals surface area (Å²) in [6.45, 7) is 4.18. The minimum atomic E-state index is -4.84. The fourth-order valence-electron chi connectivity index (χ4n) is 3.53. The molecule has 0 aliphatic carbocycles. The number of amides is 1. The number of nitrogens with zero attached hydrogens (tertiary/aromatic N) is 1. The third-order valence-electron chi connectivity index (χ3n) is 5.13. The average Bonchev–Trinajstić information content (AvgIpc) is 2.98. The monoisotopic (exact) mass is 482 g/mol. The zero-order valence-corrected chi connectivity index (χ0v) is 18.7. The zero-order valence-electron chi connectivity index (χ0n) is 17.9. The molecule has 176 valence electrons. The second kappa shape index (κ2) is 9.74. The van der Waals surface area contributed by atoms with Crippen molar-refractivity contribution >= 4 is 34.3 Å². The van der Waals surface area contributed by atoms with Crippen molar-refractivity contribution < 1.29 is 32.6 Å². The number of phenols is 1. The van der Waals surface area contributed by atoms with Gasteiger partial charge < -0.3 is 15.2 Å². The van der Waals surface area contributed by atoms with E-state index in [-0.39, 0.29) is 28.7 Å². The number of phenolic OH excluding ortho intramolecular Hbond substituents is 1. The Morgan fingerprint density at radius 3 is 2.45 bits per heavy atom. The number of alkyl halides is 3. The highest BCUT2D eigenvalue weighted by Gasteiger charge is 2.31. The molecule has 0 bridgehead atoms. The van der Waals surface area contributed by atoms with Crippen LogP contribution in [0, 0.1) is 6.92 Å². The van der Waals surface area contributed by atoms with Crippen molar-refractivity contribution in [3.8, 4) is 11.5 Å². The highest BCUT2D eigenvalue weighted by Crippen LogP contribution is 2.35. The highest BCUT2D eigenvalue weighted by molar-refractivity contribution is 6.33. The van der Waals surface area contributed by atoms with Crippen LogP contribution in [0.4, 0.5) is 13.2 Å². The molecule has 0 saturated heterocycles. The summed E-state index contributed by atoms with van der Waals surface area (Å²) in [6.07, 6.45) is -3.11. The van der Waals surface area contributed by atoms with Crippen LogP contribution in [-0.4, -0.2) is 34.4 Å². The van der Waals surface area contributed by atoms with Crippen molar-refractivity contribution in [2.24, 2.45) is 0 Å². The molecule has 6 nitrogen and oxygen atoms in total. The first kappa shape index (κ1) is 24.4. The molecule has 3 aromatic rings. The molecule has 0 aliphatic rings. The SMILES string of the molecule is CCCCNC(=O)Cc1c(C)n(C(=O)c2ccc(OC(F)(F)F)cc2)c2cc(Cl)c(O)cc12. The molecule has 0 atom stereocenters. The number of carbonyl (C=O) groups is 2. The summed E-state index contributed by atoms with van der Waals surface area (Å²) >= 11 is 6.07. The summed E-state index contributed by atoms with van der Waals surface area (Å²) in [5, 5.41) is 13.4. The summed E-state index contributed by atoms with van der Waals surface area (Å²) in [5.74, 6) is -1.42. The molecule has 0 fully saturated rings. The van der Waals surface area contributed by atoms with E-state index in [1.165, 1.54) is 28.8 Å². The van der Waals surface area contributed by atoms with Crippen molar-refractivity contribution in [1.29, 1.82) is 0 Å². The maximum atomic E-state index is 13.3. The van der Waals surface area contributed by atoms with Crippen LogP contribution in [0.25, 0.3) is 10.9 Å². The summed E-state index contributed by atoms with van der Waals surface area (Å²) < 4.78 is 42.4. The van der Waals surface area contributed by atoms with Crippen LogP contribution in [0.3, 0.4) is 0 Å². The number of ether oxygens (including phenoxy) is 1. The smallest absolute Gasteiger partial charge is 0.506 e. The number of hydrogen-bond acceptors (Lipinski definition) is 4. The van der Waals surface area contributed by atoms with E-state index in [0.29, 0.717) is 28.7 Å². The Bertz CT molecular complexity index is 1190. The number of hydrogen-bond donors (Lipinski definition) is 2. The number of aromatic hydroxyl groups is 1. The number of nitrogens with one attached hydrogen (secondary N) is 1. The Balaban J connectivity index is 2.01. The molecule has 0 aliphatic heterocycles. The molecule has 2 aromatic carbocycles. The molecular formula is C23H22ClF3N2O4. The van der Waals surface area contributed by atoms with Gasteiger partial charge in [-0.25, -0.2) is 0 Å². The largest absolute Gasteiger partial charge is 0.573 e. The van der Waals surface area contributed by atoms with E-state index in [4.69, 9.17) is 11.6 Å². The molecule has 2 N–H and O–H groups in total. The normalized spacial score (nSPS) is 11.6. The fourth-order valence-corrected chi connectivity index (χ4v) is 3.69. The van der Waals surface area contributed by atoms with E-state index in [9.17, 15) is 27.9 Å². The van der Waals surface area contributed by atoms with Crippen molar-refractivity contribution in [2.75, 3.05) is 6.54 Å². The predicted octanol–water partition coefficient (Wildman–Crippen LogP) is 5.35. The third-order valence-corrected chi connectivity index (χ3v) is 5.43. The van der Waals surface area contributed by atoms with Gasteiger partial charge in [-0.15, -0.1) is 13.2 Å². The second-order valence-electron chi connectivity index (χ2n) is 7.48.